The maximum atomic E-state index is 11.8. The van der Waals surface area contributed by atoms with Crippen LogP contribution in [0.1, 0.15) is 24.0 Å². The molecule has 0 radical (unpaired) electrons. The first-order valence-electron chi connectivity index (χ1n) is 8.79. The van der Waals surface area contributed by atoms with Gasteiger partial charge in [-0.3, -0.25) is 25.2 Å². The molecule has 0 spiro atoms. The van der Waals surface area contributed by atoms with E-state index in [-0.39, 0.29) is 18.7 Å². The third-order valence-electron chi connectivity index (χ3n) is 3.79. The van der Waals surface area contributed by atoms with Gasteiger partial charge in [0.2, 0.25) is 11.8 Å². The van der Waals surface area contributed by atoms with Crippen molar-refractivity contribution in [1.29, 1.82) is 0 Å². The monoisotopic (exact) mass is 381 g/mol. The third kappa shape index (κ3) is 7.33. The van der Waals surface area contributed by atoms with Gasteiger partial charge in [-0.15, -0.1) is 0 Å². The largest absolute Gasteiger partial charge is 0.496 e. The normalized spacial score (nSPS) is 10.3. The van der Waals surface area contributed by atoms with Gasteiger partial charge in [0.25, 0.3) is 5.91 Å². The molecule has 28 heavy (non-hydrogen) atoms. The Labute approximate surface area is 163 Å². The van der Waals surface area contributed by atoms with E-state index < -0.39 is 11.8 Å². The fourth-order valence-corrected chi connectivity index (χ4v) is 2.32. The van der Waals surface area contributed by atoms with Crippen LogP contribution >= 0.6 is 0 Å². The second kappa shape index (κ2) is 11.2. The summed E-state index contributed by atoms with van der Waals surface area (Å²) >= 11 is 0. The van der Waals surface area contributed by atoms with Crippen LogP contribution in [0, 0.1) is 0 Å². The lowest BCUT2D eigenvalue weighted by molar-refractivity contribution is -0.129. The zero-order valence-electron chi connectivity index (χ0n) is 15.6. The zero-order valence-corrected chi connectivity index (χ0v) is 15.6. The molecule has 0 unspecified atom stereocenters. The van der Waals surface area contributed by atoms with Crippen LogP contribution in [-0.4, -0.2) is 24.8 Å². The molecule has 0 aliphatic rings. The molecule has 0 aromatic heterocycles. The number of methoxy groups -OCH3 is 1. The first-order chi connectivity index (χ1) is 13.6. The summed E-state index contributed by atoms with van der Waals surface area (Å²) in [7, 11) is 1.54. The molecular formula is C21H23N3O4. The zero-order chi connectivity index (χ0) is 20.2. The summed E-state index contributed by atoms with van der Waals surface area (Å²) in [4.78, 5) is 35.3. The average Bonchev–Trinajstić information content (AvgIpc) is 2.74. The minimum Gasteiger partial charge on any atom is -0.496 e. The number of amides is 3. The summed E-state index contributed by atoms with van der Waals surface area (Å²) in [5.41, 5.74) is 6.27. The molecule has 2 aromatic carbocycles. The summed E-state index contributed by atoms with van der Waals surface area (Å²) in [6, 6.07) is 16.7. The molecule has 0 aliphatic carbocycles. The van der Waals surface area contributed by atoms with Gasteiger partial charge in [-0.05, 0) is 17.7 Å². The number of ether oxygens (including phenoxy) is 1. The van der Waals surface area contributed by atoms with Gasteiger partial charge in [0.15, 0.2) is 0 Å². The first kappa shape index (κ1) is 20.7. The van der Waals surface area contributed by atoms with E-state index in [0.29, 0.717) is 12.3 Å². The second-order valence-corrected chi connectivity index (χ2v) is 5.88. The summed E-state index contributed by atoms with van der Waals surface area (Å²) in [6.45, 7) is 0.409. The van der Waals surface area contributed by atoms with Gasteiger partial charge >= 0.3 is 0 Å². The molecule has 2 aromatic rings. The number of nitrogens with one attached hydrogen (secondary N) is 3. The number of para-hydroxylation sites is 1. The lowest BCUT2D eigenvalue weighted by Crippen LogP contribution is -2.41. The van der Waals surface area contributed by atoms with Crippen LogP contribution in [0.5, 0.6) is 5.75 Å². The van der Waals surface area contributed by atoms with Crippen molar-refractivity contribution in [1.82, 2.24) is 16.2 Å². The van der Waals surface area contributed by atoms with Crippen LogP contribution in [0.4, 0.5) is 0 Å². The predicted molar refractivity (Wildman–Crippen MR) is 106 cm³/mol. The summed E-state index contributed by atoms with van der Waals surface area (Å²) in [5, 5.41) is 2.74. The minimum absolute atomic E-state index is 0.0306. The number of hydrazine groups is 1. The van der Waals surface area contributed by atoms with E-state index in [9.17, 15) is 14.4 Å². The molecule has 0 atom stereocenters. The van der Waals surface area contributed by atoms with Crippen molar-refractivity contribution < 1.29 is 19.1 Å². The molecule has 7 heteroatoms. The Morgan fingerprint density at radius 2 is 1.57 bits per heavy atom. The standard InChI is InChI=1S/C21H23N3O4/c1-28-18-10-6-5-9-17(18)11-12-20(26)23-24-21(27)14-13-19(25)22-15-16-7-3-2-4-8-16/h2-12H,13-15H2,1H3,(H,22,25)(H,23,26)(H,24,27). The van der Waals surface area contributed by atoms with Crippen molar-refractivity contribution in [3.05, 3.63) is 71.8 Å². The molecule has 0 saturated heterocycles. The van der Waals surface area contributed by atoms with E-state index in [0.717, 1.165) is 11.1 Å². The quantitative estimate of drug-likeness (QED) is 0.481. The van der Waals surface area contributed by atoms with Crippen molar-refractivity contribution in [2.75, 3.05) is 7.11 Å². The third-order valence-corrected chi connectivity index (χ3v) is 3.79. The first-order valence-corrected chi connectivity index (χ1v) is 8.79. The van der Waals surface area contributed by atoms with Gasteiger partial charge in [0.1, 0.15) is 5.75 Å². The molecule has 0 heterocycles. The summed E-state index contributed by atoms with van der Waals surface area (Å²) in [5.74, 6) is -0.541. The molecule has 2 rings (SSSR count). The van der Waals surface area contributed by atoms with Crippen LogP contribution in [0.15, 0.2) is 60.7 Å². The lowest BCUT2D eigenvalue weighted by Gasteiger charge is -2.07. The fourth-order valence-electron chi connectivity index (χ4n) is 2.32. The Morgan fingerprint density at radius 1 is 0.893 bits per heavy atom. The fraction of sp³-hybridized carbons (Fsp3) is 0.190. The van der Waals surface area contributed by atoms with Crippen molar-refractivity contribution >= 4 is 23.8 Å². The van der Waals surface area contributed by atoms with E-state index in [1.807, 2.05) is 42.5 Å². The molecule has 0 fully saturated rings. The highest BCUT2D eigenvalue weighted by Crippen LogP contribution is 2.18. The SMILES string of the molecule is COc1ccccc1C=CC(=O)NNC(=O)CCC(=O)NCc1ccccc1. The van der Waals surface area contributed by atoms with E-state index in [2.05, 4.69) is 16.2 Å². The van der Waals surface area contributed by atoms with Gasteiger partial charge < -0.3 is 10.1 Å². The van der Waals surface area contributed by atoms with Crippen LogP contribution in [0.25, 0.3) is 6.08 Å². The van der Waals surface area contributed by atoms with Crippen LogP contribution in [-0.2, 0) is 20.9 Å². The van der Waals surface area contributed by atoms with Crippen molar-refractivity contribution in [3.8, 4) is 5.75 Å². The number of carbonyl (C=O) groups is 3. The van der Waals surface area contributed by atoms with E-state index in [1.165, 1.54) is 6.08 Å². The molecular weight excluding hydrogens is 358 g/mol. The Morgan fingerprint density at radius 3 is 2.32 bits per heavy atom. The highest BCUT2D eigenvalue weighted by molar-refractivity contribution is 5.93. The molecule has 7 nitrogen and oxygen atoms in total. The predicted octanol–water partition coefficient (Wildman–Crippen LogP) is 1.95. The van der Waals surface area contributed by atoms with E-state index in [4.69, 9.17) is 4.74 Å². The van der Waals surface area contributed by atoms with Gasteiger partial charge in [0.05, 0.1) is 7.11 Å². The van der Waals surface area contributed by atoms with Crippen LogP contribution < -0.4 is 20.9 Å². The van der Waals surface area contributed by atoms with Crippen LogP contribution in [0.3, 0.4) is 0 Å². The average molecular weight is 381 g/mol. The summed E-state index contributed by atoms with van der Waals surface area (Å²) < 4.78 is 5.19. The van der Waals surface area contributed by atoms with Crippen molar-refractivity contribution in [2.24, 2.45) is 0 Å². The Kier molecular flexibility index (Phi) is 8.26. The highest BCUT2D eigenvalue weighted by Gasteiger charge is 2.07. The molecule has 146 valence electrons. The Bertz CT molecular complexity index is 835. The van der Waals surface area contributed by atoms with Crippen LogP contribution in [0.2, 0.25) is 0 Å². The minimum atomic E-state index is -0.493. The Hall–Kier alpha value is -3.61. The Balaban J connectivity index is 1.66. The summed E-state index contributed by atoms with van der Waals surface area (Å²) in [6.07, 6.45) is 2.87. The number of carbonyl (C=O) groups excluding carboxylic acids is 3. The maximum absolute atomic E-state index is 11.8. The van der Waals surface area contributed by atoms with E-state index in [1.54, 1.807) is 25.3 Å². The van der Waals surface area contributed by atoms with E-state index >= 15 is 0 Å². The molecule has 0 saturated carbocycles. The van der Waals surface area contributed by atoms with Gasteiger partial charge in [-0.2, -0.15) is 0 Å². The molecule has 3 amide bonds. The number of hydrogen-bond donors (Lipinski definition) is 3. The number of benzene rings is 2. The second-order valence-electron chi connectivity index (χ2n) is 5.88. The number of hydrogen-bond acceptors (Lipinski definition) is 4. The highest BCUT2D eigenvalue weighted by atomic mass is 16.5. The molecule has 0 bridgehead atoms. The van der Waals surface area contributed by atoms with Gasteiger partial charge in [0, 0.05) is 31.0 Å². The van der Waals surface area contributed by atoms with Crippen molar-refractivity contribution in [3.63, 3.8) is 0 Å². The molecule has 3 N–H and O–H groups in total. The number of rotatable bonds is 8. The van der Waals surface area contributed by atoms with Gasteiger partial charge in [-0.25, -0.2) is 0 Å². The van der Waals surface area contributed by atoms with Gasteiger partial charge in [-0.1, -0.05) is 48.5 Å². The maximum Gasteiger partial charge on any atom is 0.262 e. The topological polar surface area (TPSA) is 96.5 Å². The smallest absolute Gasteiger partial charge is 0.262 e. The lowest BCUT2D eigenvalue weighted by atomic mass is 10.2. The molecule has 0 aliphatic heterocycles. The van der Waals surface area contributed by atoms with Crippen molar-refractivity contribution in [2.45, 2.75) is 19.4 Å².